The van der Waals surface area contributed by atoms with Crippen molar-refractivity contribution in [2.24, 2.45) is 0 Å². The van der Waals surface area contributed by atoms with Crippen LogP contribution >= 0.6 is 0 Å². The topological polar surface area (TPSA) is 78.9 Å². The fourth-order valence-electron chi connectivity index (χ4n) is 8.43. The maximum absolute atomic E-state index is 12.8. The molecule has 0 saturated carbocycles. The average molecular weight is 928 g/mol. The Balaban J connectivity index is 4.37. The van der Waals surface area contributed by atoms with Crippen molar-refractivity contribution in [3.8, 4) is 0 Å². The largest absolute Gasteiger partial charge is 0.462 e. The number of hydrogen-bond acceptors (Lipinski definition) is 6. The van der Waals surface area contributed by atoms with Gasteiger partial charge in [0.25, 0.3) is 0 Å². The first kappa shape index (κ1) is 63.6. The van der Waals surface area contributed by atoms with E-state index in [1.165, 1.54) is 193 Å². The lowest BCUT2D eigenvalue weighted by atomic mass is 10.1. The Morgan fingerprint density at radius 1 is 0.288 bits per heavy atom. The van der Waals surface area contributed by atoms with Crippen LogP contribution in [0.4, 0.5) is 0 Å². The number of esters is 3. The summed E-state index contributed by atoms with van der Waals surface area (Å²) in [4.78, 5) is 38.1. The quantitative estimate of drug-likeness (QED) is 0.0262. The number of allylic oxidation sites excluding steroid dienone is 6. The van der Waals surface area contributed by atoms with E-state index in [-0.39, 0.29) is 31.1 Å². The highest BCUT2D eigenvalue weighted by Gasteiger charge is 2.19. The highest BCUT2D eigenvalue weighted by atomic mass is 16.6. The minimum atomic E-state index is -0.782. The molecule has 0 amide bonds. The van der Waals surface area contributed by atoms with Gasteiger partial charge in [0, 0.05) is 19.3 Å². The zero-order chi connectivity index (χ0) is 47.9. The lowest BCUT2D eigenvalue weighted by Crippen LogP contribution is -2.30. The van der Waals surface area contributed by atoms with E-state index in [2.05, 4.69) is 57.2 Å². The minimum Gasteiger partial charge on any atom is -0.462 e. The zero-order valence-corrected chi connectivity index (χ0v) is 44.2. The first-order valence-corrected chi connectivity index (χ1v) is 29.0. The van der Waals surface area contributed by atoms with Gasteiger partial charge in [0.1, 0.15) is 13.2 Å². The van der Waals surface area contributed by atoms with Crippen molar-refractivity contribution < 1.29 is 28.6 Å². The Labute approximate surface area is 410 Å². The molecule has 0 fully saturated rings. The molecule has 386 valence electrons. The van der Waals surface area contributed by atoms with Gasteiger partial charge < -0.3 is 14.2 Å². The Morgan fingerprint density at radius 2 is 0.500 bits per heavy atom. The lowest BCUT2D eigenvalue weighted by Gasteiger charge is -2.18. The van der Waals surface area contributed by atoms with Crippen LogP contribution in [-0.4, -0.2) is 37.2 Å². The number of carbonyl (C=O) groups is 3. The SMILES string of the molecule is CCCCCCCC/C=C\CCCCCCCCCC(=O)OC(COC(=O)CCCCC/C=C\CCCCCCCC)COC(=O)CCCCCCC/C=C\CCCCCCCCCCC. The van der Waals surface area contributed by atoms with Crippen molar-refractivity contribution in [3.05, 3.63) is 36.5 Å². The van der Waals surface area contributed by atoms with Crippen molar-refractivity contribution in [2.75, 3.05) is 13.2 Å². The van der Waals surface area contributed by atoms with Crippen LogP contribution in [0.3, 0.4) is 0 Å². The van der Waals surface area contributed by atoms with Crippen molar-refractivity contribution in [1.82, 2.24) is 0 Å². The van der Waals surface area contributed by atoms with Gasteiger partial charge in [0.05, 0.1) is 0 Å². The van der Waals surface area contributed by atoms with Gasteiger partial charge in [-0.3, -0.25) is 14.4 Å². The molecule has 0 aliphatic heterocycles. The summed E-state index contributed by atoms with van der Waals surface area (Å²) >= 11 is 0. The van der Waals surface area contributed by atoms with Gasteiger partial charge in [-0.05, 0) is 96.3 Å². The molecule has 0 aromatic heterocycles. The van der Waals surface area contributed by atoms with Crippen molar-refractivity contribution in [2.45, 2.75) is 316 Å². The number of hydrogen-bond donors (Lipinski definition) is 0. The molecule has 66 heavy (non-hydrogen) atoms. The summed E-state index contributed by atoms with van der Waals surface area (Å²) in [5, 5.41) is 0. The molecule has 6 nitrogen and oxygen atoms in total. The molecule has 0 bridgehead atoms. The molecular weight excluding hydrogens is 817 g/mol. The molecule has 6 heteroatoms. The van der Waals surface area contributed by atoms with Crippen LogP contribution in [0.2, 0.25) is 0 Å². The highest BCUT2D eigenvalue weighted by Crippen LogP contribution is 2.15. The molecule has 0 aliphatic rings. The van der Waals surface area contributed by atoms with Crippen LogP contribution in [0, 0.1) is 0 Å². The van der Waals surface area contributed by atoms with E-state index in [1.807, 2.05) is 0 Å². The van der Waals surface area contributed by atoms with Gasteiger partial charge in [-0.15, -0.1) is 0 Å². The summed E-state index contributed by atoms with van der Waals surface area (Å²) in [5.41, 5.74) is 0. The monoisotopic (exact) mass is 927 g/mol. The molecule has 0 rings (SSSR count). The third-order valence-electron chi connectivity index (χ3n) is 12.8. The normalized spacial score (nSPS) is 12.2. The second kappa shape index (κ2) is 55.2. The maximum Gasteiger partial charge on any atom is 0.306 e. The van der Waals surface area contributed by atoms with Crippen molar-refractivity contribution in [3.63, 3.8) is 0 Å². The average Bonchev–Trinajstić information content (AvgIpc) is 3.31. The molecule has 0 aromatic carbocycles. The first-order chi connectivity index (χ1) is 32.5. The van der Waals surface area contributed by atoms with Crippen LogP contribution in [0.15, 0.2) is 36.5 Å². The number of unbranched alkanes of at least 4 members (excludes halogenated alkanes) is 36. The van der Waals surface area contributed by atoms with E-state index in [1.54, 1.807) is 0 Å². The highest BCUT2D eigenvalue weighted by molar-refractivity contribution is 5.71. The van der Waals surface area contributed by atoms with E-state index in [0.717, 1.165) is 77.0 Å². The summed E-state index contributed by atoms with van der Waals surface area (Å²) in [6.45, 7) is 6.64. The van der Waals surface area contributed by atoms with Gasteiger partial charge in [-0.2, -0.15) is 0 Å². The molecule has 1 unspecified atom stereocenters. The van der Waals surface area contributed by atoms with E-state index in [0.29, 0.717) is 19.3 Å². The van der Waals surface area contributed by atoms with Crippen molar-refractivity contribution in [1.29, 1.82) is 0 Å². The summed E-state index contributed by atoms with van der Waals surface area (Å²) in [6, 6.07) is 0. The van der Waals surface area contributed by atoms with Crippen LogP contribution in [0.5, 0.6) is 0 Å². The fourth-order valence-corrected chi connectivity index (χ4v) is 8.43. The smallest absolute Gasteiger partial charge is 0.306 e. The molecule has 0 heterocycles. The lowest BCUT2D eigenvalue weighted by molar-refractivity contribution is -0.167. The van der Waals surface area contributed by atoms with E-state index >= 15 is 0 Å². The van der Waals surface area contributed by atoms with Gasteiger partial charge in [-0.1, -0.05) is 231 Å². The Bertz CT molecular complexity index is 1110. The zero-order valence-electron chi connectivity index (χ0n) is 44.2. The molecule has 0 saturated heterocycles. The fraction of sp³-hybridized carbons (Fsp3) is 0.850. The third-order valence-corrected chi connectivity index (χ3v) is 12.8. The maximum atomic E-state index is 12.8. The van der Waals surface area contributed by atoms with Crippen LogP contribution in [-0.2, 0) is 28.6 Å². The standard InChI is InChI=1S/C60H110O6/c1-4-7-10-13-16-19-22-25-27-29-31-32-35-38-41-44-47-50-53-59(62)65-56-57(55-64-58(61)52-49-46-43-40-37-34-24-21-18-15-12-9-6-3)66-60(63)54-51-48-45-42-39-36-33-30-28-26-23-20-17-14-11-8-5-2/h26,28,31-32,34,37,57H,4-25,27,29-30,33,35-36,38-56H2,1-3H3/b28-26-,32-31-,37-34-. The first-order valence-electron chi connectivity index (χ1n) is 29.0. The van der Waals surface area contributed by atoms with Crippen LogP contribution in [0.1, 0.15) is 310 Å². The van der Waals surface area contributed by atoms with Gasteiger partial charge in [-0.25, -0.2) is 0 Å². The Kier molecular flexibility index (Phi) is 53.2. The molecule has 0 spiro atoms. The van der Waals surface area contributed by atoms with E-state index in [9.17, 15) is 14.4 Å². The summed E-state index contributed by atoms with van der Waals surface area (Å²) in [7, 11) is 0. The third kappa shape index (κ3) is 52.6. The molecular formula is C60H110O6. The van der Waals surface area contributed by atoms with Gasteiger partial charge >= 0.3 is 17.9 Å². The predicted molar refractivity (Wildman–Crippen MR) is 284 cm³/mol. The van der Waals surface area contributed by atoms with Crippen LogP contribution in [0.25, 0.3) is 0 Å². The van der Waals surface area contributed by atoms with Gasteiger partial charge in [0.15, 0.2) is 6.10 Å². The molecule has 0 N–H and O–H groups in total. The van der Waals surface area contributed by atoms with Gasteiger partial charge in [0.2, 0.25) is 0 Å². The van der Waals surface area contributed by atoms with Crippen LogP contribution < -0.4 is 0 Å². The number of rotatable bonds is 53. The molecule has 1 atom stereocenters. The van der Waals surface area contributed by atoms with E-state index < -0.39 is 6.10 Å². The molecule has 0 radical (unpaired) electrons. The summed E-state index contributed by atoms with van der Waals surface area (Å²) in [6.07, 6.45) is 65.6. The Hall–Kier alpha value is -2.37. The second-order valence-electron chi connectivity index (χ2n) is 19.5. The summed E-state index contributed by atoms with van der Waals surface area (Å²) in [5.74, 6) is -0.894. The number of ether oxygens (including phenoxy) is 3. The Morgan fingerprint density at radius 3 is 0.773 bits per heavy atom. The molecule has 0 aromatic rings. The second-order valence-corrected chi connectivity index (χ2v) is 19.5. The molecule has 0 aliphatic carbocycles. The summed E-state index contributed by atoms with van der Waals surface area (Å²) < 4.78 is 16.8. The number of carbonyl (C=O) groups excluding carboxylic acids is 3. The predicted octanol–water partition coefficient (Wildman–Crippen LogP) is 19.3. The van der Waals surface area contributed by atoms with E-state index in [4.69, 9.17) is 14.2 Å². The minimum absolute atomic E-state index is 0.0808. The van der Waals surface area contributed by atoms with Crippen molar-refractivity contribution >= 4 is 17.9 Å².